The predicted octanol–water partition coefficient (Wildman–Crippen LogP) is 6.34. The van der Waals surface area contributed by atoms with E-state index in [-0.39, 0.29) is 5.78 Å². The van der Waals surface area contributed by atoms with Crippen LogP contribution in [0.5, 0.6) is 17.2 Å². The Balaban J connectivity index is 1.34. The van der Waals surface area contributed by atoms with E-state index >= 15 is 0 Å². The van der Waals surface area contributed by atoms with Crippen LogP contribution in [0.2, 0.25) is 0 Å². The molecule has 0 atom stereocenters. The van der Waals surface area contributed by atoms with Crippen LogP contribution in [0, 0.1) is 0 Å². The lowest BCUT2D eigenvalue weighted by Crippen LogP contribution is -2.23. The molecule has 0 unspecified atom stereocenters. The zero-order valence-electron chi connectivity index (χ0n) is 26.1. The number of sulfonamides is 1. The lowest BCUT2D eigenvalue weighted by Gasteiger charge is -2.17. The second kappa shape index (κ2) is 15.1. The number of rotatable bonds is 17. The normalized spacial score (nSPS) is 11.6. The number of nitrogens with one attached hydrogen (secondary N) is 1. The maximum absolute atomic E-state index is 13.7. The number of ether oxygens (including phenoxy) is 3. The summed E-state index contributed by atoms with van der Waals surface area (Å²) in [4.78, 5) is 16.0. The summed E-state index contributed by atoms with van der Waals surface area (Å²) in [7, 11) is 1.90. The number of methoxy groups -OCH3 is 2. The zero-order valence-corrected chi connectivity index (χ0v) is 27.0. The second-order valence-electron chi connectivity index (χ2n) is 10.9. The number of unbranched alkanes of at least 4 members (excludes halogenated alkanes) is 1. The first-order chi connectivity index (χ1) is 21.1. The number of carbonyl (C=O) groups excluding carboxylic acids is 1. The minimum Gasteiger partial charge on any atom is -0.494 e. The van der Waals surface area contributed by atoms with Crippen LogP contribution in [0.15, 0.2) is 65.1 Å². The molecule has 4 aromatic rings. The number of anilines is 1. The standard InChI is InChI=1S/C34H42N2O7S/c1-6-7-9-31-33(28-23-26(35-44(5,38)39)13-17-29(28)43-31)34(37)25-11-14-27(15-12-25)42-21-8-19-36(2)20-18-24-10-16-30(40-3)32(22-24)41-4/h10-17,22-23,35H,6-9,18-21H2,1-5H3. The third kappa shape index (κ3) is 8.76. The molecule has 3 aromatic carbocycles. The van der Waals surface area contributed by atoms with Crippen molar-refractivity contribution >= 4 is 32.5 Å². The molecule has 1 aromatic heterocycles. The molecule has 0 aliphatic carbocycles. The third-order valence-electron chi connectivity index (χ3n) is 7.35. The third-order valence-corrected chi connectivity index (χ3v) is 7.95. The Bertz CT molecular complexity index is 1660. The Hall–Kier alpha value is -4.02. The van der Waals surface area contributed by atoms with Crippen LogP contribution in [0.4, 0.5) is 5.69 Å². The molecule has 4 rings (SSSR count). The molecule has 1 N–H and O–H groups in total. The molecule has 0 radical (unpaired) electrons. The fraction of sp³-hybridized carbons (Fsp3) is 0.382. The lowest BCUT2D eigenvalue weighted by molar-refractivity contribution is 0.103. The van der Waals surface area contributed by atoms with Gasteiger partial charge in [-0.1, -0.05) is 19.4 Å². The van der Waals surface area contributed by atoms with E-state index in [1.54, 1.807) is 56.7 Å². The largest absolute Gasteiger partial charge is 0.494 e. The first-order valence-corrected chi connectivity index (χ1v) is 16.7. The molecule has 1 heterocycles. The van der Waals surface area contributed by atoms with Crippen molar-refractivity contribution in [2.24, 2.45) is 0 Å². The van der Waals surface area contributed by atoms with Crippen molar-refractivity contribution in [1.82, 2.24) is 4.90 Å². The molecule has 236 valence electrons. The molecule has 9 nitrogen and oxygen atoms in total. The number of carbonyl (C=O) groups is 1. The molecule has 0 amide bonds. The van der Waals surface area contributed by atoms with Gasteiger partial charge in [0.05, 0.1) is 32.6 Å². The molecule has 0 saturated heterocycles. The molecular formula is C34H42N2O7S. The summed E-state index contributed by atoms with van der Waals surface area (Å²) in [5, 5.41) is 0.588. The summed E-state index contributed by atoms with van der Waals surface area (Å²) in [5.41, 5.74) is 3.09. The Morgan fingerprint density at radius 3 is 2.34 bits per heavy atom. The van der Waals surface area contributed by atoms with Crippen LogP contribution in [0.1, 0.15) is 53.4 Å². The van der Waals surface area contributed by atoms with Crippen LogP contribution in [-0.4, -0.2) is 66.3 Å². The number of likely N-dealkylation sites (N-methyl/N-ethyl adjacent to an activating group) is 1. The van der Waals surface area contributed by atoms with E-state index < -0.39 is 10.0 Å². The van der Waals surface area contributed by atoms with Gasteiger partial charge >= 0.3 is 0 Å². The molecular weight excluding hydrogens is 580 g/mol. The second-order valence-corrected chi connectivity index (χ2v) is 12.6. The van der Waals surface area contributed by atoms with Crippen molar-refractivity contribution in [1.29, 1.82) is 0 Å². The van der Waals surface area contributed by atoms with Crippen molar-refractivity contribution in [3.05, 3.63) is 83.1 Å². The zero-order chi connectivity index (χ0) is 31.7. The predicted molar refractivity (Wildman–Crippen MR) is 174 cm³/mol. The number of hydrogen-bond acceptors (Lipinski definition) is 8. The number of ketones is 1. The highest BCUT2D eigenvalue weighted by molar-refractivity contribution is 7.92. The first kappa shape index (κ1) is 32.9. The fourth-order valence-corrected chi connectivity index (χ4v) is 5.58. The van der Waals surface area contributed by atoms with Gasteiger partial charge in [-0.2, -0.15) is 0 Å². The van der Waals surface area contributed by atoms with Crippen molar-refractivity contribution in [2.75, 3.05) is 51.9 Å². The summed E-state index contributed by atoms with van der Waals surface area (Å²) in [6.45, 7) is 4.42. The highest BCUT2D eigenvalue weighted by Gasteiger charge is 2.22. The molecule has 0 fully saturated rings. The molecule has 0 spiro atoms. The summed E-state index contributed by atoms with van der Waals surface area (Å²) < 4.78 is 48.8. The van der Waals surface area contributed by atoms with E-state index in [4.69, 9.17) is 18.6 Å². The number of benzene rings is 3. The summed E-state index contributed by atoms with van der Waals surface area (Å²) in [6.07, 6.45) is 5.28. The van der Waals surface area contributed by atoms with Crippen LogP contribution >= 0.6 is 0 Å². The quantitative estimate of drug-likeness (QED) is 0.107. The maximum Gasteiger partial charge on any atom is 0.229 e. The topological polar surface area (TPSA) is 107 Å². The summed E-state index contributed by atoms with van der Waals surface area (Å²) in [6, 6.07) is 18.1. The highest BCUT2D eigenvalue weighted by Crippen LogP contribution is 2.32. The van der Waals surface area contributed by atoms with Gasteiger partial charge in [-0.15, -0.1) is 0 Å². The average Bonchev–Trinajstić information content (AvgIpc) is 3.37. The van der Waals surface area contributed by atoms with E-state index in [9.17, 15) is 13.2 Å². The number of nitrogens with zero attached hydrogens (tertiary/aromatic N) is 1. The van der Waals surface area contributed by atoms with Gasteiger partial charge in [0.2, 0.25) is 10.0 Å². The Labute approximate surface area is 260 Å². The Kier molecular flexibility index (Phi) is 11.3. The summed E-state index contributed by atoms with van der Waals surface area (Å²) >= 11 is 0. The molecule has 0 bridgehead atoms. The highest BCUT2D eigenvalue weighted by atomic mass is 32.2. The van der Waals surface area contributed by atoms with Gasteiger partial charge in [0, 0.05) is 36.1 Å². The Morgan fingerprint density at radius 2 is 1.66 bits per heavy atom. The van der Waals surface area contributed by atoms with Gasteiger partial charge in [0.15, 0.2) is 17.3 Å². The fourth-order valence-electron chi connectivity index (χ4n) is 5.03. The maximum atomic E-state index is 13.7. The molecule has 0 saturated carbocycles. The van der Waals surface area contributed by atoms with Gasteiger partial charge in [0.1, 0.15) is 17.1 Å². The van der Waals surface area contributed by atoms with E-state index in [0.717, 1.165) is 56.5 Å². The van der Waals surface area contributed by atoms with Crippen molar-refractivity contribution < 1.29 is 31.8 Å². The molecule has 0 aliphatic rings. The van der Waals surface area contributed by atoms with Crippen LogP contribution in [0.3, 0.4) is 0 Å². The van der Waals surface area contributed by atoms with Crippen molar-refractivity contribution in [3.63, 3.8) is 0 Å². The first-order valence-electron chi connectivity index (χ1n) is 14.8. The number of furan rings is 1. The van der Waals surface area contributed by atoms with Crippen molar-refractivity contribution in [3.8, 4) is 17.2 Å². The van der Waals surface area contributed by atoms with Crippen LogP contribution in [0.25, 0.3) is 11.0 Å². The monoisotopic (exact) mass is 622 g/mol. The number of aryl methyl sites for hydroxylation is 1. The number of hydrogen-bond donors (Lipinski definition) is 1. The van der Waals surface area contributed by atoms with Gasteiger partial charge in [-0.3, -0.25) is 9.52 Å². The van der Waals surface area contributed by atoms with E-state index in [1.807, 2.05) is 12.1 Å². The Morgan fingerprint density at radius 1 is 0.909 bits per heavy atom. The lowest BCUT2D eigenvalue weighted by atomic mass is 9.98. The van der Waals surface area contributed by atoms with Crippen LogP contribution in [-0.2, 0) is 22.9 Å². The SMILES string of the molecule is CCCCc1oc2ccc(NS(C)(=O)=O)cc2c1C(=O)c1ccc(OCCCN(C)CCc2ccc(OC)c(OC)c2)cc1. The molecule has 10 heteroatoms. The molecule has 0 aliphatic heterocycles. The minimum absolute atomic E-state index is 0.172. The van der Waals surface area contributed by atoms with Gasteiger partial charge < -0.3 is 23.5 Å². The average molecular weight is 623 g/mol. The van der Waals surface area contributed by atoms with E-state index in [0.29, 0.717) is 52.3 Å². The van der Waals surface area contributed by atoms with Gasteiger partial charge in [0.25, 0.3) is 0 Å². The van der Waals surface area contributed by atoms with Crippen molar-refractivity contribution in [2.45, 2.75) is 39.0 Å². The summed E-state index contributed by atoms with van der Waals surface area (Å²) in [5.74, 6) is 2.59. The van der Waals surface area contributed by atoms with E-state index in [1.165, 1.54) is 5.56 Å². The van der Waals surface area contributed by atoms with E-state index in [2.05, 4.69) is 29.7 Å². The van der Waals surface area contributed by atoms with Crippen LogP contribution < -0.4 is 18.9 Å². The molecule has 44 heavy (non-hydrogen) atoms. The van der Waals surface area contributed by atoms with Gasteiger partial charge in [-0.05, 0) is 86.5 Å². The number of fused-ring (bicyclic) bond motifs is 1. The smallest absolute Gasteiger partial charge is 0.229 e. The van der Waals surface area contributed by atoms with Gasteiger partial charge in [-0.25, -0.2) is 8.42 Å². The minimum atomic E-state index is -3.47.